The lowest BCUT2D eigenvalue weighted by Crippen LogP contribution is -2.28. The molecule has 2 aromatic rings. The molecule has 0 unspecified atom stereocenters. The van der Waals surface area contributed by atoms with E-state index >= 15 is 0 Å². The average molecular weight is 269 g/mol. The summed E-state index contributed by atoms with van der Waals surface area (Å²) in [6, 6.07) is 10.6. The van der Waals surface area contributed by atoms with E-state index in [2.05, 4.69) is 42.2 Å². The Balaban J connectivity index is 2.05. The largest absolute Gasteiger partial charge is 0.356 e. The quantitative estimate of drug-likeness (QED) is 0.874. The smallest absolute Gasteiger partial charge is 0.136 e. The first kappa shape index (κ1) is 13.4. The Hall–Kier alpha value is -1.61. The van der Waals surface area contributed by atoms with Crippen molar-refractivity contribution in [3.63, 3.8) is 0 Å². The lowest BCUT2D eigenvalue weighted by atomic mass is 10.1. The summed E-state index contributed by atoms with van der Waals surface area (Å²) in [7, 11) is 0. The molecular weight excluding hydrogens is 246 g/mol. The van der Waals surface area contributed by atoms with Crippen LogP contribution in [0.2, 0.25) is 0 Å². The van der Waals surface area contributed by atoms with E-state index in [4.69, 9.17) is 10.7 Å². The number of hydrogen-bond donors (Lipinski definition) is 1. The van der Waals surface area contributed by atoms with Crippen molar-refractivity contribution >= 4 is 16.6 Å². The predicted octanol–water partition coefficient (Wildman–Crippen LogP) is 3.32. The van der Waals surface area contributed by atoms with Crippen LogP contribution in [0.25, 0.3) is 10.8 Å². The molecule has 1 fully saturated rings. The Bertz CT molecular complexity index is 590. The summed E-state index contributed by atoms with van der Waals surface area (Å²) in [5, 5.41) is 2.49. The SMILES string of the molecule is CCCN(CC1CC1)c1nc(CN)cc2ccccc12. The maximum Gasteiger partial charge on any atom is 0.136 e. The van der Waals surface area contributed by atoms with Gasteiger partial charge in [0, 0.05) is 25.0 Å². The third-order valence-corrected chi connectivity index (χ3v) is 3.95. The van der Waals surface area contributed by atoms with Crippen LogP contribution in [-0.2, 0) is 6.54 Å². The molecule has 1 aromatic carbocycles. The van der Waals surface area contributed by atoms with Crippen molar-refractivity contribution in [1.29, 1.82) is 0 Å². The van der Waals surface area contributed by atoms with E-state index in [0.29, 0.717) is 6.54 Å². The minimum absolute atomic E-state index is 0.501. The number of aromatic nitrogens is 1. The zero-order valence-corrected chi connectivity index (χ0v) is 12.2. The van der Waals surface area contributed by atoms with E-state index in [0.717, 1.165) is 36.9 Å². The summed E-state index contributed by atoms with van der Waals surface area (Å²) in [5.41, 5.74) is 6.80. The van der Waals surface area contributed by atoms with E-state index in [9.17, 15) is 0 Å². The number of hydrogen-bond acceptors (Lipinski definition) is 3. The number of rotatable bonds is 6. The fourth-order valence-corrected chi connectivity index (χ4v) is 2.75. The van der Waals surface area contributed by atoms with Crippen molar-refractivity contribution < 1.29 is 0 Å². The van der Waals surface area contributed by atoms with Crippen LogP contribution < -0.4 is 10.6 Å². The third kappa shape index (κ3) is 2.78. The van der Waals surface area contributed by atoms with Crippen LogP contribution in [0.5, 0.6) is 0 Å². The van der Waals surface area contributed by atoms with Gasteiger partial charge in [-0.25, -0.2) is 4.98 Å². The molecule has 3 heteroatoms. The molecule has 3 nitrogen and oxygen atoms in total. The van der Waals surface area contributed by atoms with Gasteiger partial charge in [-0.2, -0.15) is 0 Å². The van der Waals surface area contributed by atoms with Crippen LogP contribution in [0, 0.1) is 5.92 Å². The van der Waals surface area contributed by atoms with Crippen molar-refractivity contribution in [3.05, 3.63) is 36.0 Å². The average Bonchev–Trinajstić information content (AvgIpc) is 3.29. The highest BCUT2D eigenvalue weighted by molar-refractivity contribution is 5.92. The van der Waals surface area contributed by atoms with Crippen molar-refractivity contribution in [2.24, 2.45) is 11.7 Å². The molecule has 0 radical (unpaired) electrons. The van der Waals surface area contributed by atoms with Crippen LogP contribution in [0.15, 0.2) is 30.3 Å². The van der Waals surface area contributed by atoms with Crippen molar-refractivity contribution in [1.82, 2.24) is 4.98 Å². The van der Waals surface area contributed by atoms with Crippen LogP contribution in [0.3, 0.4) is 0 Å². The summed E-state index contributed by atoms with van der Waals surface area (Å²) in [4.78, 5) is 7.28. The molecular formula is C17H23N3. The topological polar surface area (TPSA) is 42.2 Å². The fraction of sp³-hybridized carbons (Fsp3) is 0.471. The molecule has 20 heavy (non-hydrogen) atoms. The number of pyridine rings is 1. The third-order valence-electron chi connectivity index (χ3n) is 3.95. The molecule has 2 N–H and O–H groups in total. The Labute approximate surface area is 120 Å². The van der Waals surface area contributed by atoms with Gasteiger partial charge < -0.3 is 10.6 Å². The van der Waals surface area contributed by atoms with Crippen molar-refractivity contribution in [3.8, 4) is 0 Å². The van der Waals surface area contributed by atoms with Crippen LogP contribution in [0.4, 0.5) is 5.82 Å². The van der Waals surface area contributed by atoms with Gasteiger partial charge in [0.15, 0.2) is 0 Å². The second-order valence-electron chi connectivity index (χ2n) is 5.75. The zero-order valence-electron chi connectivity index (χ0n) is 12.2. The Morgan fingerprint density at radius 3 is 2.80 bits per heavy atom. The maximum atomic E-state index is 5.82. The van der Waals surface area contributed by atoms with Crippen molar-refractivity contribution in [2.45, 2.75) is 32.7 Å². The highest BCUT2D eigenvalue weighted by atomic mass is 15.2. The second kappa shape index (κ2) is 5.80. The summed E-state index contributed by atoms with van der Waals surface area (Å²) < 4.78 is 0. The minimum atomic E-state index is 0.501. The molecule has 1 aliphatic carbocycles. The zero-order chi connectivity index (χ0) is 13.9. The summed E-state index contributed by atoms with van der Waals surface area (Å²) in [6.07, 6.45) is 3.89. The van der Waals surface area contributed by atoms with Gasteiger partial charge in [0.25, 0.3) is 0 Å². The van der Waals surface area contributed by atoms with E-state index in [1.165, 1.54) is 23.6 Å². The Morgan fingerprint density at radius 1 is 1.30 bits per heavy atom. The molecule has 106 valence electrons. The molecule has 1 saturated carbocycles. The summed E-state index contributed by atoms with van der Waals surface area (Å²) in [6.45, 7) is 4.94. The van der Waals surface area contributed by atoms with Gasteiger partial charge in [-0.15, -0.1) is 0 Å². The van der Waals surface area contributed by atoms with Gasteiger partial charge in [0.1, 0.15) is 5.82 Å². The van der Waals surface area contributed by atoms with Crippen molar-refractivity contribution in [2.75, 3.05) is 18.0 Å². The second-order valence-corrected chi connectivity index (χ2v) is 5.75. The minimum Gasteiger partial charge on any atom is -0.356 e. The van der Waals surface area contributed by atoms with Gasteiger partial charge in [-0.3, -0.25) is 0 Å². The lowest BCUT2D eigenvalue weighted by molar-refractivity contribution is 0.700. The number of anilines is 1. The number of nitrogens with zero attached hydrogens (tertiary/aromatic N) is 2. The highest BCUT2D eigenvalue weighted by Gasteiger charge is 2.25. The highest BCUT2D eigenvalue weighted by Crippen LogP contribution is 2.33. The monoisotopic (exact) mass is 269 g/mol. The first-order valence-electron chi connectivity index (χ1n) is 7.65. The number of nitrogens with two attached hydrogens (primary N) is 1. The van der Waals surface area contributed by atoms with Gasteiger partial charge in [0.05, 0.1) is 5.69 Å². The van der Waals surface area contributed by atoms with Gasteiger partial charge in [0.2, 0.25) is 0 Å². The van der Waals surface area contributed by atoms with E-state index in [1.54, 1.807) is 0 Å². The number of benzene rings is 1. The predicted molar refractivity (Wildman–Crippen MR) is 84.9 cm³/mol. The Kier molecular flexibility index (Phi) is 3.88. The molecule has 0 amide bonds. The van der Waals surface area contributed by atoms with Gasteiger partial charge >= 0.3 is 0 Å². The Morgan fingerprint density at radius 2 is 2.10 bits per heavy atom. The molecule has 1 aliphatic rings. The molecule has 0 atom stereocenters. The molecule has 3 rings (SSSR count). The maximum absolute atomic E-state index is 5.82. The first-order chi connectivity index (χ1) is 9.81. The molecule has 0 saturated heterocycles. The first-order valence-corrected chi connectivity index (χ1v) is 7.65. The van der Waals surface area contributed by atoms with E-state index in [1.807, 2.05) is 0 Å². The molecule has 1 heterocycles. The van der Waals surface area contributed by atoms with E-state index in [-0.39, 0.29) is 0 Å². The van der Waals surface area contributed by atoms with Crippen LogP contribution >= 0.6 is 0 Å². The summed E-state index contributed by atoms with van der Waals surface area (Å²) >= 11 is 0. The van der Waals surface area contributed by atoms with E-state index < -0.39 is 0 Å². The van der Waals surface area contributed by atoms with Crippen LogP contribution in [0.1, 0.15) is 31.9 Å². The summed E-state index contributed by atoms with van der Waals surface area (Å²) in [5.74, 6) is 1.99. The molecule has 0 bridgehead atoms. The molecule has 0 spiro atoms. The normalized spacial score (nSPS) is 14.7. The molecule has 0 aliphatic heterocycles. The lowest BCUT2D eigenvalue weighted by Gasteiger charge is -2.25. The van der Waals surface area contributed by atoms with Gasteiger partial charge in [-0.05, 0) is 36.6 Å². The van der Waals surface area contributed by atoms with Crippen LogP contribution in [-0.4, -0.2) is 18.1 Å². The standard InChI is InChI=1S/C17H23N3/c1-2-9-20(12-13-7-8-13)17-16-6-4-3-5-14(16)10-15(11-18)19-17/h3-6,10,13H,2,7-9,11-12,18H2,1H3. The number of fused-ring (bicyclic) bond motifs is 1. The molecule has 1 aromatic heterocycles. The van der Waals surface area contributed by atoms with Gasteiger partial charge in [-0.1, -0.05) is 31.2 Å². The fourth-order valence-electron chi connectivity index (χ4n) is 2.75.